The van der Waals surface area contributed by atoms with Gasteiger partial charge >= 0.3 is 0 Å². The Bertz CT molecular complexity index is 1820. The Morgan fingerprint density at radius 1 is 0.957 bits per heavy atom. The third kappa shape index (κ3) is 7.61. The summed E-state index contributed by atoms with van der Waals surface area (Å²) < 4.78 is 0. The minimum atomic E-state index is -1.12. The molecule has 10 nitrogen and oxygen atoms in total. The standard InChI is InChI=1S/C36H36ClN5O5/c1-22-17-18-41(31(34(38)45)20-26-9-5-8-24-7-3-4-12-30(24)26)36(47)33(27-10-6-11-28(37)19-27)42(22)32(44)21-39-35(46)25-13-15-29(16-14-25)40-23(2)43/h3-16,19,22,31,33H,17-18,20-21H2,1-2H3,(H2,38,45)(H,39,46)(H,40,43)/t22-,31-,33+/m1/s1. The van der Waals surface area contributed by atoms with Crippen molar-refractivity contribution in [2.24, 2.45) is 5.73 Å². The summed E-state index contributed by atoms with van der Waals surface area (Å²) in [7, 11) is 0. The minimum absolute atomic E-state index is 0.187. The number of nitrogens with one attached hydrogen (secondary N) is 2. The number of carbonyl (C=O) groups excluding carboxylic acids is 5. The fourth-order valence-corrected chi connectivity index (χ4v) is 6.28. The van der Waals surface area contributed by atoms with Crippen LogP contribution in [0.4, 0.5) is 5.69 Å². The highest BCUT2D eigenvalue weighted by atomic mass is 35.5. The first-order valence-electron chi connectivity index (χ1n) is 15.3. The largest absolute Gasteiger partial charge is 0.368 e. The zero-order valence-electron chi connectivity index (χ0n) is 26.1. The van der Waals surface area contributed by atoms with Gasteiger partial charge < -0.3 is 26.2 Å². The van der Waals surface area contributed by atoms with E-state index in [2.05, 4.69) is 10.6 Å². The van der Waals surface area contributed by atoms with Gasteiger partial charge in [0.25, 0.3) is 11.8 Å². The van der Waals surface area contributed by atoms with Gasteiger partial charge in [0, 0.05) is 42.2 Å². The molecule has 1 aliphatic heterocycles. The second kappa shape index (κ2) is 14.5. The Balaban J connectivity index is 1.43. The van der Waals surface area contributed by atoms with Gasteiger partial charge in [-0.25, -0.2) is 0 Å². The second-order valence-electron chi connectivity index (χ2n) is 11.6. The van der Waals surface area contributed by atoms with Gasteiger partial charge in [-0.05, 0) is 71.6 Å². The van der Waals surface area contributed by atoms with Crippen LogP contribution >= 0.6 is 11.6 Å². The summed E-state index contributed by atoms with van der Waals surface area (Å²) in [4.78, 5) is 68.7. The number of halogens is 1. The van der Waals surface area contributed by atoms with Crippen LogP contribution in [0.5, 0.6) is 0 Å². The van der Waals surface area contributed by atoms with Gasteiger partial charge in [0.15, 0.2) is 0 Å². The van der Waals surface area contributed by atoms with Gasteiger partial charge in [0.05, 0.1) is 6.54 Å². The number of benzene rings is 4. The van der Waals surface area contributed by atoms with E-state index in [0.29, 0.717) is 28.3 Å². The Kier molecular flexibility index (Phi) is 10.2. The van der Waals surface area contributed by atoms with Crippen molar-refractivity contribution in [1.29, 1.82) is 0 Å². The van der Waals surface area contributed by atoms with E-state index in [0.717, 1.165) is 16.3 Å². The molecule has 5 amide bonds. The molecule has 0 spiro atoms. The molecule has 1 aliphatic rings. The van der Waals surface area contributed by atoms with Crippen LogP contribution in [0.2, 0.25) is 5.02 Å². The highest BCUT2D eigenvalue weighted by molar-refractivity contribution is 6.30. The van der Waals surface area contributed by atoms with Crippen LogP contribution in [0.15, 0.2) is 91.0 Å². The average Bonchev–Trinajstić information content (AvgIpc) is 3.17. The molecule has 11 heteroatoms. The van der Waals surface area contributed by atoms with Crippen LogP contribution in [0.3, 0.4) is 0 Å². The monoisotopic (exact) mass is 653 g/mol. The predicted octanol–water partition coefficient (Wildman–Crippen LogP) is 4.47. The van der Waals surface area contributed by atoms with E-state index < -0.39 is 41.8 Å². The lowest BCUT2D eigenvalue weighted by atomic mass is 9.96. The number of rotatable bonds is 9. The lowest BCUT2D eigenvalue weighted by molar-refractivity contribution is -0.148. The van der Waals surface area contributed by atoms with E-state index in [9.17, 15) is 24.0 Å². The SMILES string of the molecule is CC(=O)Nc1ccc(C(=O)NCC(=O)N2[C@H](C)CCN([C@H](Cc3cccc4ccccc34)C(N)=O)C(=O)[C@@H]2c2cccc(Cl)c2)cc1. The van der Waals surface area contributed by atoms with Gasteiger partial charge in [-0.3, -0.25) is 24.0 Å². The number of nitrogens with two attached hydrogens (primary N) is 1. The van der Waals surface area contributed by atoms with Crippen molar-refractivity contribution in [3.05, 3.63) is 113 Å². The highest BCUT2D eigenvalue weighted by Crippen LogP contribution is 2.33. The first-order valence-corrected chi connectivity index (χ1v) is 15.7. The predicted molar refractivity (Wildman–Crippen MR) is 181 cm³/mol. The lowest BCUT2D eigenvalue weighted by Crippen LogP contribution is -2.53. The first kappa shape index (κ1) is 33.2. The van der Waals surface area contributed by atoms with Crippen LogP contribution in [-0.2, 0) is 25.6 Å². The molecule has 4 aromatic rings. The molecule has 47 heavy (non-hydrogen) atoms. The number of carbonyl (C=O) groups is 5. The molecule has 1 saturated heterocycles. The van der Waals surface area contributed by atoms with Gasteiger partial charge in [-0.1, -0.05) is 66.2 Å². The molecule has 0 unspecified atom stereocenters. The van der Waals surface area contributed by atoms with Crippen LogP contribution in [0.25, 0.3) is 10.8 Å². The molecule has 0 saturated carbocycles. The maximum absolute atomic E-state index is 14.5. The summed E-state index contributed by atoms with van der Waals surface area (Å²) in [5.41, 5.74) is 8.15. The van der Waals surface area contributed by atoms with Crippen LogP contribution in [0.1, 0.15) is 47.8 Å². The third-order valence-electron chi connectivity index (χ3n) is 8.38. The summed E-state index contributed by atoms with van der Waals surface area (Å²) in [6.45, 7) is 3.02. The zero-order chi connectivity index (χ0) is 33.7. The molecule has 4 aromatic carbocycles. The summed E-state index contributed by atoms with van der Waals surface area (Å²) in [6.07, 6.45) is 0.566. The highest BCUT2D eigenvalue weighted by Gasteiger charge is 2.43. The van der Waals surface area contributed by atoms with E-state index in [1.165, 1.54) is 28.9 Å². The van der Waals surface area contributed by atoms with Gasteiger partial charge in [0.2, 0.25) is 17.7 Å². The fourth-order valence-electron chi connectivity index (χ4n) is 6.09. The quantitative estimate of drug-likeness (QED) is 0.244. The molecule has 1 heterocycles. The third-order valence-corrected chi connectivity index (χ3v) is 8.61. The molecule has 1 fully saturated rings. The molecule has 3 atom stereocenters. The molecule has 5 rings (SSSR count). The molecular formula is C36H36ClN5O5. The van der Waals surface area contributed by atoms with Crippen molar-refractivity contribution in [2.75, 3.05) is 18.4 Å². The average molecular weight is 654 g/mol. The van der Waals surface area contributed by atoms with Gasteiger partial charge in [-0.2, -0.15) is 0 Å². The summed E-state index contributed by atoms with van der Waals surface area (Å²) in [5, 5.41) is 7.63. The number of anilines is 1. The molecule has 0 aromatic heterocycles. The molecule has 0 bridgehead atoms. The number of hydrogen-bond acceptors (Lipinski definition) is 5. The second-order valence-corrected chi connectivity index (χ2v) is 12.1. The van der Waals surface area contributed by atoms with Crippen molar-refractivity contribution in [3.8, 4) is 0 Å². The fraction of sp³-hybridized carbons (Fsp3) is 0.250. The summed E-state index contributed by atoms with van der Waals surface area (Å²) in [5.74, 6) is -2.33. The van der Waals surface area contributed by atoms with Crippen molar-refractivity contribution in [3.63, 3.8) is 0 Å². The van der Waals surface area contributed by atoms with E-state index in [1.807, 2.05) is 49.4 Å². The first-order chi connectivity index (χ1) is 22.5. The van der Waals surface area contributed by atoms with E-state index >= 15 is 0 Å². The Morgan fingerprint density at radius 3 is 2.36 bits per heavy atom. The molecule has 4 N–H and O–H groups in total. The number of amides is 5. The van der Waals surface area contributed by atoms with Crippen LogP contribution in [0, 0.1) is 0 Å². The smallest absolute Gasteiger partial charge is 0.251 e. The van der Waals surface area contributed by atoms with Crippen LogP contribution in [-0.4, -0.2) is 64.5 Å². The molecule has 242 valence electrons. The molecular weight excluding hydrogens is 618 g/mol. The van der Waals surface area contributed by atoms with E-state index in [4.69, 9.17) is 17.3 Å². The van der Waals surface area contributed by atoms with Gasteiger partial charge in [0.1, 0.15) is 12.1 Å². The summed E-state index contributed by atoms with van der Waals surface area (Å²) in [6, 6.07) is 24.0. The Morgan fingerprint density at radius 2 is 1.66 bits per heavy atom. The normalized spacial score (nSPS) is 17.1. The topological polar surface area (TPSA) is 142 Å². The van der Waals surface area contributed by atoms with Crippen molar-refractivity contribution < 1.29 is 24.0 Å². The zero-order valence-corrected chi connectivity index (χ0v) is 26.9. The maximum Gasteiger partial charge on any atom is 0.251 e. The number of primary amides is 1. The number of fused-ring (bicyclic) bond motifs is 1. The number of nitrogens with zero attached hydrogens (tertiary/aromatic N) is 2. The Hall–Kier alpha value is -5.22. The van der Waals surface area contributed by atoms with Crippen molar-refractivity contribution in [2.45, 2.75) is 44.8 Å². The van der Waals surface area contributed by atoms with E-state index in [1.54, 1.807) is 36.4 Å². The lowest BCUT2D eigenvalue weighted by Gasteiger charge is -2.36. The molecule has 0 aliphatic carbocycles. The minimum Gasteiger partial charge on any atom is -0.368 e. The number of hydrogen-bond donors (Lipinski definition) is 3. The van der Waals surface area contributed by atoms with Gasteiger partial charge in [-0.15, -0.1) is 0 Å². The maximum atomic E-state index is 14.5. The Labute approximate surface area is 277 Å². The summed E-state index contributed by atoms with van der Waals surface area (Å²) >= 11 is 6.36. The van der Waals surface area contributed by atoms with Crippen LogP contribution < -0.4 is 16.4 Å². The molecule has 0 radical (unpaired) electrons. The van der Waals surface area contributed by atoms with E-state index in [-0.39, 0.29) is 25.4 Å². The van der Waals surface area contributed by atoms with Crippen molar-refractivity contribution in [1.82, 2.24) is 15.1 Å². The van der Waals surface area contributed by atoms with Crippen molar-refractivity contribution >= 4 is 57.6 Å².